The van der Waals surface area contributed by atoms with Gasteiger partial charge in [-0.15, -0.1) is 11.3 Å². The van der Waals surface area contributed by atoms with Crippen molar-refractivity contribution in [2.75, 3.05) is 11.4 Å². The van der Waals surface area contributed by atoms with E-state index in [1.807, 2.05) is 19.1 Å². The minimum Gasteiger partial charge on any atom is -0.505 e. The molecular formula is C13H12N2O3S2. The van der Waals surface area contributed by atoms with Crippen molar-refractivity contribution in [3.05, 3.63) is 45.8 Å². The molecule has 0 saturated heterocycles. The van der Waals surface area contributed by atoms with E-state index in [0.29, 0.717) is 10.4 Å². The van der Waals surface area contributed by atoms with Crippen LogP contribution in [-0.4, -0.2) is 25.6 Å². The molecule has 1 aromatic heterocycles. The SMILES string of the molecule is Cc1ccccc1C1=C(O)c2scnc2N(C)S1(=O)=O. The van der Waals surface area contributed by atoms with E-state index in [4.69, 9.17) is 0 Å². The van der Waals surface area contributed by atoms with Crippen LogP contribution < -0.4 is 4.31 Å². The van der Waals surface area contributed by atoms with E-state index in [1.54, 1.807) is 12.1 Å². The van der Waals surface area contributed by atoms with E-state index in [1.165, 1.54) is 23.9 Å². The molecule has 0 fully saturated rings. The van der Waals surface area contributed by atoms with Gasteiger partial charge >= 0.3 is 0 Å². The molecule has 0 bridgehead atoms. The van der Waals surface area contributed by atoms with Crippen LogP contribution in [0.15, 0.2) is 29.8 Å². The molecule has 0 aliphatic carbocycles. The Morgan fingerprint density at radius 2 is 2.00 bits per heavy atom. The van der Waals surface area contributed by atoms with E-state index in [2.05, 4.69) is 4.98 Å². The van der Waals surface area contributed by atoms with Crippen molar-refractivity contribution >= 4 is 37.8 Å². The summed E-state index contributed by atoms with van der Waals surface area (Å²) in [6.07, 6.45) is 0. The van der Waals surface area contributed by atoms with Gasteiger partial charge < -0.3 is 5.11 Å². The number of anilines is 1. The van der Waals surface area contributed by atoms with Crippen LogP contribution in [0.2, 0.25) is 0 Å². The summed E-state index contributed by atoms with van der Waals surface area (Å²) in [6.45, 7) is 1.81. The molecule has 7 heteroatoms. The zero-order chi connectivity index (χ0) is 14.5. The number of benzene rings is 1. The number of nitrogens with zero attached hydrogens (tertiary/aromatic N) is 2. The van der Waals surface area contributed by atoms with Crippen LogP contribution in [0.3, 0.4) is 0 Å². The first-order valence-corrected chi connectivity index (χ1v) is 8.18. The smallest absolute Gasteiger partial charge is 0.269 e. The Labute approximate surface area is 120 Å². The number of fused-ring (bicyclic) bond motifs is 1. The van der Waals surface area contributed by atoms with E-state index in [9.17, 15) is 13.5 Å². The summed E-state index contributed by atoms with van der Waals surface area (Å²) in [5, 5.41) is 10.4. The summed E-state index contributed by atoms with van der Waals surface area (Å²) in [5.74, 6) is 0.0414. The Kier molecular flexibility index (Phi) is 2.84. The van der Waals surface area contributed by atoms with Crippen LogP contribution in [0, 0.1) is 6.92 Å². The van der Waals surface area contributed by atoms with Crippen LogP contribution in [0.1, 0.15) is 16.0 Å². The van der Waals surface area contributed by atoms with E-state index < -0.39 is 10.0 Å². The molecule has 104 valence electrons. The molecule has 1 aromatic carbocycles. The van der Waals surface area contributed by atoms with Crippen molar-refractivity contribution in [3.8, 4) is 0 Å². The van der Waals surface area contributed by atoms with Crippen LogP contribution in [-0.2, 0) is 10.0 Å². The second kappa shape index (κ2) is 4.32. The molecule has 5 nitrogen and oxygen atoms in total. The molecule has 1 aliphatic heterocycles. The number of aryl methyl sites for hydroxylation is 1. The van der Waals surface area contributed by atoms with Crippen LogP contribution in [0.25, 0.3) is 10.7 Å². The summed E-state index contributed by atoms with van der Waals surface area (Å²) in [4.78, 5) is 4.42. The summed E-state index contributed by atoms with van der Waals surface area (Å²) in [6, 6.07) is 7.08. The van der Waals surface area contributed by atoms with Gasteiger partial charge in [0.15, 0.2) is 11.6 Å². The fourth-order valence-corrected chi connectivity index (χ4v) is 4.58. The molecule has 0 radical (unpaired) electrons. The third kappa shape index (κ3) is 1.66. The first-order chi connectivity index (χ1) is 9.44. The number of aliphatic hydroxyl groups excluding tert-OH is 1. The van der Waals surface area contributed by atoms with Crippen LogP contribution in [0.4, 0.5) is 5.82 Å². The molecule has 2 heterocycles. The average molecular weight is 308 g/mol. The molecule has 1 N–H and O–H groups in total. The highest BCUT2D eigenvalue weighted by Gasteiger charge is 2.38. The fraction of sp³-hybridized carbons (Fsp3) is 0.154. The number of rotatable bonds is 1. The van der Waals surface area contributed by atoms with Crippen LogP contribution >= 0.6 is 11.3 Å². The maximum absolute atomic E-state index is 12.6. The Morgan fingerprint density at radius 3 is 2.70 bits per heavy atom. The number of hydrogen-bond donors (Lipinski definition) is 1. The standard InChI is InChI=1S/C13H12N2O3S2/c1-8-5-3-4-6-9(8)12-10(16)11-13(14-7-19-11)15(2)20(12,17)18/h3-7,16H,1-2H3. The quantitative estimate of drug-likeness (QED) is 0.879. The van der Waals surface area contributed by atoms with Crippen molar-refractivity contribution in [2.24, 2.45) is 0 Å². The van der Waals surface area contributed by atoms with Crippen molar-refractivity contribution in [3.63, 3.8) is 0 Å². The highest BCUT2D eigenvalue weighted by atomic mass is 32.2. The van der Waals surface area contributed by atoms with Crippen molar-refractivity contribution in [2.45, 2.75) is 6.92 Å². The molecular weight excluding hydrogens is 296 g/mol. The van der Waals surface area contributed by atoms with Crippen molar-refractivity contribution in [1.29, 1.82) is 0 Å². The van der Waals surface area contributed by atoms with Gasteiger partial charge in [-0.1, -0.05) is 24.3 Å². The predicted octanol–water partition coefficient (Wildman–Crippen LogP) is 2.61. The minimum absolute atomic E-state index is 0.0603. The molecule has 2 aromatic rings. The van der Waals surface area contributed by atoms with Crippen molar-refractivity contribution in [1.82, 2.24) is 4.98 Å². The van der Waals surface area contributed by atoms with Gasteiger partial charge in [0.1, 0.15) is 9.78 Å². The minimum atomic E-state index is -3.80. The summed E-state index contributed by atoms with van der Waals surface area (Å²) < 4.78 is 26.3. The maximum atomic E-state index is 12.6. The lowest BCUT2D eigenvalue weighted by atomic mass is 10.1. The van der Waals surface area contributed by atoms with Gasteiger partial charge in [0.05, 0.1) is 5.51 Å². The molecule has 0 spiro atoms. The van der Waals surface area contributed by atoms with E-state index in [0.717, 1.165) is 9.87 Å². The second-order valence-electron chi connectivity index (χ2n) is 4.47. The Morgan fingerprint density at radius 1 is 1.30 bits per heavy atom. The lowest BCUT2D eigenvalue weighted by Gasteiger charge is -2.26. The first-order valence-electron chi connectivity index (χ1n) is 5.86. The number of thiazole rings is 1. The lowest BCUT2D eigenvalue weighted by molar-refractivity contribution is 0.515. The van der Waals surface area contributed by atoms with Gasteiger partial charge in [-0.3, -0.25) is 4.31 Å². The van der Waals surface area contributed by atoms with Gasteiger partial charge in [-0.25, -0.2) is 13.4 Å². The molecule has 3 rings (SSSR count). The topological polar surface area (TPSA) is 70.5 Å². The predicted molar refractivity (Wildman–Crippen MR) is 80.1 cm³/mol. The Bertz CT molecular complexity index is 822. The monoisotopic (exact) mass is 308 g/mol. The molecule has 0 atom stereocenters. The Balaban J connectivity index is 2.39. The average Bonchev–Trinajstić information content (AvgIpc) is 2.88. The number of aromatic nitrogens is 1. The molecule has 1 aliphatic rings. The van der Waals surface area contributed by atoms with E-state index >= 15 is 0 Å². The zero-order valence-electron chi connectivity index (χ0n) is 10.9. The molecule has 0 saturated carbocycles. The largest absolute Gasteiger partial charge is 0.505 e. The first kappa shape index (κ1) is 13.1. The molecule has 0 unspecified atom stereocenters. The lowest BCUT2D eigenvalue weighted by Crippen LogP contribution is -2.31. The third-order valence-corrected chi connectivity index (χ3v) is 5.93. The van der Waals surface area contributed by atoms with Crippen molar-refractivity contribution < 1.29 is 13.5 Å². The fourth-order valence-electron chi connectivity index (χ4n) is 2.20. The molecule has 20 heavy (non-hydrogen) atoms. The number of sulfonamides is 1. The number of aliphatic hydroxyl groups is 1. The van der Waals surface area contributed by atoms with Gasteiger partial charge in [0.25, 0.3) is 10.0 Å². The van der Waals surface area contributed by atoms with E-state index in [-0.39, 0.29) is 16.5 Å². The normalized spacial score (nSPS) is 17.2. The summed E-state index contributed by atoms with van der Waals surface area (Å²) >= 11 is 1.22. The van der Waals surface area contributed by atoms with Gasteiger partial charge in [0, 0.05) is 12.6 Å². The van der Waals surface area contributed by atoms with Gasteiger partial charge in [0.2, 0.25) is 0 Å². The molecule has 0 amide bonds. The highest BCUT2D eigenvalue weighted by molar-refractivity contribution is 8.02. The highest BCUT2D eigenvalue weighted by Crippen LogP contribution is 2.43. The second-order valence-corrected chi connectivity index (χ2v) is 7.23. The maximum Gasteiger partial charge on any atom is 0.269 e. The van der Waals surface area contributed by atoms with Crippen LogP contribution in [0.5, 0.6) is 0 Å². The van der Waals surface area contributed by atoms with Gasteiger partial charge in [-0.05, 0) is 12.5 Å². The summed E-state index contributed by atoms with van der Waals surface area (Å²) in [7, 11) is -2.36. The third-order valence-electron chi connectivity index (χ3n) is 3.29. The Hall–Kier alpha value is -1.86. The van der Waals surface area contributed by atoms with Gasteiger partial charge in [-0.2, -0.15) is 0 Å². The summed E-state index contributed by atoms with van der Waals surface area (Å²) in [5.41, 5.74) is 2.82. The zero-order valence-corrected chi connectivity index (χ0v) is 12.5. The number of hydrogen-bond acceptors (Lipinski definition) is 5.